The summed E-state index contributed by atoms with van der Waals surface area (Å²) in [5.41, 5.74) is -2.51. The third-order valence-electron chi connectivity index (χ3n) is 9.70. The van der Waals surface area contributed by atoms with Crippen molar-refractivity contribution in [3.8, 4) is 0 Å². The van der Waals surface area contributed by atoms with Crippen molar-refractivity contribution in [1.29, 1.82) is 0 Å². The normalized spacial score (nSPS) is 29.9. The molecule has 0 saturated carbocycles. The maximum Gasteiger partial charge on any atom is 0.135 e. The monoisotopic (exact) mass is 546 g/mol. The highest BCUT2D eigenvalue weighted by atomic mass is 16.5. The Kier molecular flexibility index (Phi) is 7.40. The highest BCUT2D eigenvalue weighted by Crippen LogP contribution is 2.48. The van der Waals surface area contributed by atoms with Crippen molar-refractivity contribution >= 4 is 0 Å². The number of rotatable bonds is 3. The van der Waals surface area contributed by atoms with Gasteiger partial charge in [-0.15, -0.1) is 0 Å². The van der Waals surface area contributed by atoms with Crippen LogP contribution in [0.2, 0.25) is 0 Å². The second-order valence-corrected chi connectivity index (χ2v) is 16.5. The standard InChI is InChI=1S/C30H54N6O3/c1-25(2)13-19(14-26(3,4)34(25)37)22-31-23(20-15-27(5,6)35(38)28(7,8)16-20)33-24(32-22)21-17-29(9,10)36(39)30(11,12)18-21/h19-21,37-39H,13-18H2,1-12H3. The predicted molar refractivity (Wildman–Crippen MR) is 151 cm³/mol. The summed E-state index contributed by atoms with van der Waals surface area (Å²) in [6.45, 7) is 24.9. The van der Waals surface area contributed by atoms with Crippen LogP contribution in [0.25, 0.3) is 0 Å². The van der Waals surface area contributed by atoms with E-state index in [4.69, 9.17) is 15.0 Å². The lowest BCUT2D eigenvalue weighted by Gasteiger charge is -2.52. The molecule has 9 heteroatoms. The molecule has 39 heavy (non-hydrogen) atoms. The van der Waals surface area contributed by atoms with E-state index in [1.54, 1.807) is 0 Å². The Hall–Kier alpha value is -1.23. The van der Waals surface area contributed by atoms with Crippen molar-refractivity contribution in [3.05, 3.63) is 17.5 Å². The molecule has 3 aliphatic heterocycles. The molecule has 0 aliphatic carbocycles. The molecule has 0 unspecified atom stereocenters. The van der Waals surface area contributed by atoms with Crippen LogP contribution < -0.4 is 0 Å². The molecule has 0 spiro atoms. The van der Waals surface area contributed by atoms with Crippen LogP contribution in [0.4, 0.5) is 0 Å². The van der Waals surface area contributed by atoms with Gasteiger partial charge in [-0.1, -0.05) is 0 Å². The first-order valence-electron chi connectivity index (χ1n) is 14.7. The summed E-state index contributed by atoms with van der Waals surface area (Å²) < 4.78 is 0. The minimum Gasteiger partial charge on any atom is -0.313 e. The first kappa shape index (κ1) is 30.7. The van der Waals surface area contributed by atoms with E-state index in [1.807, 2.05) is 0 Å². The molecule has 1 aromatic rings. The molecule has 0 bridgehead atoms. The van der Waals surface area contributed by atoms with E-state index in [1.165, 1.54) is 15.2 Å². The van der Waals surface area contributed by atoms with Gasteiger partial charge in [0.2, 0.25) is 0 Å². The summed E-state index contributed by atoms with van der Waals surface area (Å²) in [5, 5.41) is 37.4. The molecule has 9 nitrogen and oxygen atoms in total. The van der Waals surface area contributed by atoms with Gasteiger partial charge in [0.05, 0.1) is 0 Å². The molecule has 0 aromatic carbocycles. The lowest BCUT2D eigenvalue weighted by Crippen LogP contribution is -2.59. The van der Waals surface area contributed by atoms with Gasteiger partial charge in [0.15, 0.2) is 0 Å². The van der Waals surface area contributed by atoms with Crippen molar-refractivity contribution in [2.75, 3.05) is 0 Å². The molecule has 3 saturated heterocycles. The first-order chi connectivity index (χ1) is 17.5. The van der Waals surface area contributed by atoms with Crippen molar-refractivity contribution in [3.63, 3.8) is 0 Å². The van der Waals surface area contributed by atoms with Crippen LogP contribution in [0.3, 0.4) is 0 Å². The lowest BCUT2D eigenvalue weighted by atomic mass is 9.73. The third-order valence-corrected chi connectivity index (χ3v) is 9.70. The van der Waals surface area contributed by atoms with Gasteiger partial charge < -0.3 is 15.6 Å². The van der Waals surface area contributed by atoms with Gasteiger partial charge in [0, 0.05) is 51.0 Å². The van der Waals surface area contributed by atoms with Gasteiger partial charge in [-0.25, -0.2) is 15.0 Å². The topological polar surface area (TPSA) is 109 Å². The van der Waals surface area contributed by atoms with Gasteiger partial charge >= 0.3 is 0 Å². The first-order valence-corrected chi connectivity index (χ1v) is 14.7. The minimum atomic E-state index is -0.419. The zero-order chi connectivity index (χ0) is 29.6. The molecular weight excluding hydrogens is 492 g/mol. The van der Waals surface area contributed by atoms with E-state index in [2.05, 4.69) is 83.1 Å². The van der Waals surface area contributed by atoms with Crippen molar-refractivity contribution < 1.29 is 15.6 Å². The molecule has 3 aliphatic rings. The fourth-order valence-electron chi connectivity index (χ4n) is 8.33. The fourth-order valence-corrected chi connectivity index (χ4v) is 8.33. The van der Waals surface area contributed by atoms with E-state index in [0.29, 0.717) is 0 Å². The Morgan fingerprint density at radius 1 is 0.410 bits per heavy atom. The van der Waals surface area contributed by atoms with E-state index in [9.17, 15) is 15.6 Å². The number of piperidine rings is 3. The number of hydrogen-bond donors (Lipinski definition) is 3. The average molecular weight is 547 g/mol. The summed E-state index contributed by atoms with van der Waals surface area (Å²) in [6.07, 6.45) is 4.46. The molecule has 3 N–H and O–H groups in total. The molecule has 3 fully saturated rings. The van der Waals surface area contributed by atoms with Crippen LogP contribution in [0.5, 0.6) is 0 Å². The molecule has 0 atom stereocenters. The molecule has 222 valence electrons. The fraction of sp³-hybridized carbons (Fsp3) is 0.900. The quantitative estimate of drug-likeness (QED) is 0.405. The Balaban J connectivity index is 1.82. The van der Waals surface area contributed by atoms with Crippen LogP contribution in [0, 0.1) is 0 Å². The van der Waals surface area contributed by atoms with Crippen molar-refractivity contribution in [2.24, 2.45) is 0 Å². The van der Waals surface area contributed by atoms with E-state index >= 15 is 0 Å². The van der Waals surface area contributed by atoms with E-state index in [-0.39, 0.29) is 17.8 Å². The summed E-state index contributed by atoms with van der Waals surface area (Å²) in [6, 6.07) is 0. The number of hydrogen-bond acceptors (Lipinski definition) is 9. The smallest absolute Gasteiger partial charge is 0.135 e. The Morgan fingerprint density at radius 3 is 0.718 bits per heavy atom. The second-order valence-electron chi connectivity index (χ2n) is 16.5. The van der Waals surface area contributed by atoms with Gasteiger partial charge in [-0.2, -0.15) is 15.2 Å². The van der Waals surface area contributed by atoms with Gasteiger partial charge in [-0.05, 0) is 122 Å². The summed E-state index contributed by atoms with van der Waals surface area (Å²) in [5.74, 6) is 2.68. The predicted octanol–water partition coefficient (Wildman–Crippen LogP) is 6.25. The van der Waals surface area contributed by atoms with Crippen molar-refractivity contribution in [2.45, 2.75) is 173 Å². The SMILES string of the molecule is CC1(C)CC(c2nc(C3CC(C)(C)N(O)C(C)(C)C3)nc(C3CC(C)(C)N(O)C(C)(C)C3)n2)CC(C)(C)N1O. The molecular formula is C30H54N6O3. The van der Waals surface area contributed by atoms with E-state index in [0.717, 1.165) is 56.0 Å². The molecule has 4 rings (SSSR count). The maximum atomic E-state index is 11.0. The van der Waals surface area contributed by atoms with Gasteiger partial charge in [-0.3, -0.25) is 0 Å². The number of hydroxylamine groups is 6. The van der Waals surface area contributed by atoms with Crippen LogP contribution in [0.1, 0.15) is 157 Å². The summed E-state index contributed by atoms with van der Waals surface area (Å²) >= 11 is 0. The summed E-state index contributed by atoms with van der Waals surface area (Å²) in [4.78, 5) is 15.6. The Bertz CT molecular complexity index is 883. The van der Waals surface area contributed by atoms with Gasteiger partial charge in [0.1, 0.15) is 17.5 Å². The van der Waals surface area contributed by atoms with E-state index < -0.39 is 33.2 Å². The average Bonchev–Trinajstić information content (AvgIpc) is 2.77. The molecule has 0 amide bonds. The molecule has 4 heterocycles. The highest BCUT2D eigenvalue weighted by molar-refractivity contribution is 5.17. The number of nitrogens with zero attached hydrogens (tertiary/aromatic N) is 6. The second kappa shape index (κ2) is 9.39. The number of aromatic nitrogens is 3. The molecule has 0 radical (unpaired) electrons. The lowest BCUT2D eigenvalue weighted by molar-refractivity contribution is -0.246. The Morgan fingerprint density at radius 2 is 0.564 bits per heavy atom. The van der Waals surface area contributed by atoms with Crippen LogP contribution in [0.15, 0.2) is 0 Å². The van der Waals surface area contributed by atoms with Crippen LogP contribution in [-0.4, -0.2) is 79.0 Å². The summed E-state index contributed by atoms with van der Waals surface area (Å²) in [7, 11) is 0. The largest absolute Gasteiger partial charge is 0.313 e. The zero-order valence-corrected chi connectivity index (χ0v) is 26.5. The Labute approximate surface area is 235 Å². The minimum absolute atomic E-state index is 0.0804. The highest BCUT2D eigenvalue weighted by Gasteiger charge is 2.50. The third kappa shape index (κ3) is 5.64. The van der Waals surface area contributed by atoms with Crippen LogP contribution in [-0.2, 0) is 0 Å². The maximum absolute atomic E-state index is 11.0. The van der Waals surface area contributed by atoms with Gasteiger partial charge in [0.25, 0.3) is 0 Å². The molecule has 1 aromatic heterocycles. The van der Waals surface area contributed by atoms with Crippen molar-refractivity contribution in [1.82, 2.24) is 30.1 Å². The van der Waals surface area contributed by atoms with Crippen LogP contribution >= 0.6 is 0 Å². The zero-order valence-electron chi connectivity index (χ0n) is 26.5.